The average molecular weight is 477 g/mol. The van der Waals surface area contributed by atoms with E-state index in [-0.39, 0.29) is 22.0 Å². The molecule has 1 N–H and O–H groups in total. The minimum absolute atomic E-state index is 0.127. The zero-order valence-electron chi connectivity index (χ0n) is 22.0. The summed E-state index contributed by atoms with van der Waals surface area (Å²) in [6, 6.07) is 17.7. The molecule has 6 nitrogen and oxygen atoms in total. The molecule has 3 heterocycles. The summed E-state index contributed by atoms with van der Waals surface area (Å²) in [5.41, 5.74) is 2.76. The lowest BCUT2D eigenvalue weighted by Crippen LogP contribution is -2.72. The normalized spacial score (nSPS) is 25.8. The van der Waals surface area contributed by atoms with Crippen LogP contribution >= 0.6 is 0 Å². The molecule has 0 radical (unpaired) electrons. The summed E-state index contributed by atoms with van der Waals surface area (Å²) in [6.07, 6.45) is 0. The highest BCUT2D eigenvalue weighted by Crippen LogP contribution is 2.69. The Hall–Kier alpha value is -2.67. The van der Waals surface area contributed by atoms with Crippen molar-refractivity contribution in [3.8, 4) is 22.7 Å². The van der Waals surface area contributed by atoms with Crippen LogP contribution in [-0.2, 0) is 25.7 Å². The molecule has 2 saturated heterocycles. The van der Waals surface area contributed by atoms with E-state index < -0.39 is 11.4 Å². The molecule has 5 rings (SSSR count). The number of rotatable bonds is 3. The van der Waals surface area contributed by atoms with Gasteiger partial charge >= 0.3 is 0 Å². The van der Waals surface area contributed by atoms with Crippen molar-refractivity contribution >= 4 is 0 Å². The Morgan fingerprint density at radius 3 is 2.14 bits per heavy atom. The lowest BCUT2D eigenvalue weighted by molar-refractivity contribution is -0.626. The summed E-state index contributed by atoms with van der Waals surface area (Å²) in [6.45, 7) is 17.7. The van der Waals surface area contributed by atoms with Gasteiger partial charge in [-0.25, -0.2) is 9.57 Å². The standard InChI is InChI=1S/C29H36N2O4/c1-25(2,3)24-17-22(30-31(24)20-12-10-9-11-13-20)21-15-14-19(16-23(21)32)28-29(35-34-28,26(4,5)6)27(7,8)18-33-28/h9-17,32H,18H2,1-8H3. The molecule has 2 aromatic carbocycles. The first-order chi connectivity index (χ1) is 16.2. The van der Waals surface area contributed by atoms with Gasteiger partial charge in [0.25, 0.3) is 5.79 Å². The Morgan fingerprint density at radius 1 is 0.914 bits per heavy atom. The van der Waals surface area contributed by atoms with E-state index in [1.807, 2.05) is 47.1 Å². The number of ether oxygens (including phenoxy) is 1. The summed E-state index contributed by atoms with van der Waals surface area (Å²) < 4.78 is 8.27. The van der Waals surface area contributed by atoms with Gasteiger partial charge in [-0.1, -0.05) is 79.7 Å². The molecule has 2 unspecified atom stereocenters. The average Bonchev–Trinajstić information content (AvgIpc) is 3.24. The Labute approximate surface area is 207 Å². The number of nitrogens with zero attached hydrogens (tertiary/aromatic N) is 2. The van der Waals surface area contributed by atoms with Gasteiger partial charge in [-0.05, 0) is 30.3 Å². The van der Waals surface area contributed by atoms with Gasteiger partial charge in [-0.2, -0.15) is 9.99 Å². The second kappa shape index (κ2) is 7.42. The fourth-order valence-electron chi connectivity index (χ4n) is 6.00. The first-order valence-corrected chi connectivity index (χ1v) is 12.2. The zero-order chi connectivity index (χ0) is 25.4. The quantitative estimate of drug-likeness (QED) is 0.437. The van der Waals surface area contributed by atoms with Crippen LogP contribution in [0.4, 0.5) is 0 Å². The third-order valence-corrected chi connectivity index (χ3v) is 7.53. The molecule has 0 aliphatic carbocycles. The molecule has 2 fully saturated rings. The number of hydrogen-bond acceptors (Lipinski definition) is 5. The molecular formula is C29H36N2O4. The maximum absolute atomic E-state index is 11.2. The van der Waals surface area contributed by atoms with Gasteiger partial charge in [0.15, 0.2) is 5.60 Å². The third-order valence-electron chi connectivity index (χ3n) is 7.53. The monoisotopic (exact) mass is 476 g/mol. The lowest BCUT2D eigenvalue weighted by atomic mass is 9.57. The van der Waals surface area contributed by atoms with E-state index in [0.717, 1.165) is 16.9 Å². The van der Waals surface area contributed by atoms with Crippen LogP contribution in [0.3, 0.4) is 0 Å². The Balaban J connectivity index is 1.60. The number of fused-ring (bicyclic) bond motifs is 1. The molecular weight excluding hydrogens is 440 g/mol. The number of benzene rings is 2. The predicted molar refractivity (Wildman–Crippen MR) is 135 cm³/mol. The van der Waals surface area contributed by atoms with Crippen LogP contribution in [0, 0.1) is 10.8 Å². The Morgan fingerprint density at radius 2 is 1.60 bits per heavy atom. The van der Waals surface area contributed by atoms with Gasteiger partial charge in [-0.15, -0.1) is 0 Å². The SMILES string of the molecule is CC(C)(C)c1cc(-c2ccc(C34OCC(C)(C)C3(C(C)(C)C)OO4)cc2O)nn1-c1ccccc1. The highest BCUT2D eigenvalue weighted by molar-refractivity contribution is 5.68. The van der Waals surface area contributed by atoms with Crippen LogP contribution in [0.25, 0.3) is 16.9 Å². The molecule has 6 heteroatoms. The summed E-state index contributed by atoms with van der Waals surface area (Å²) >= 11 is 0. The molecule has 2 aliphatic rings. The first kappa shape index (κ1) is 24.0. The third kappa shape index (κ3) is 3.23. The highest BCUT2D eigenvalue weighted by atomic mass is 17.3. The summed E-state index contributed by atoms with van der Waals surface area (Å²) in [5, 5.41) is 16.1. The van der Waals surface area contributed by atoms with Crippen molar-refractivity contribution in [2.75, 3.05) is 6.61 Å². The van der Waals surface area contributed by atoms with Crippen molar-refractivity contribution < 1.29 is 19.6 Å². The van der Waals surface area contributed by atoms with Crippen molar-refractivity contribution in [1.82, 2.24) is 9.78 Å². The fraction of sp³-hybridized carbons (Fsp3) is 0.483. The maximum Gasteiger partial charge on any atom is 0.261 e. The Bertz CT molecular complexity index is 1270. The van der Waals surface area contributed by atoms with Crippen molar-refractivity contribution in [3.05, 3.63) is 65.9 Å². The molecule has 0 bridgehead atoms. The molecule has 0 amide bonds. The van der Waals surface area contributed by atoms with Gasteiger partial charge in [0.05, 0.1) is 23.7 Å². The van der Waals surface area contributed by atoms with Crippen molar-refractivity contribution in [1.29, 1.82) is 0 Å². The van der Waals surface area contributed by atoms with Crippen molar-refractivity contribution in [2.45, 2.75) is 72.2 Å². The number of phenols is 1. The Kier molecular flexibility index (Phi) is 5.10. The number of hydrogen-bond donors (Lipinski definition) is 1. The van der Waals surface area contributed by atoms with Gasteiger partial charge in [0, 0.05) is 27.4 Å². The predicted octanol–water partition coefficient (Wildman–Crippen LogP) is 6.50. The second-order valence-electron chi connectivity index (χ2n) is 12.5. The van der Waals surface area contributed by atoms with Crippen LogP contribution in [-0.4, -0.2) is 27.1 Å². The molecule has 1 aromatic heterocycles. The van der Waals surface area contributed by atoms with Crippen LogP contribution in [0.2, 0.25) is 0 Å². The molecule has 2 aliphatic heterocycles. The van der Waals surface area contributed by atoms with Gasteiger partial charge in [0.2, 0.25) is 0 Å². The van der Waals surface area contributed by atoms with E-state index >= 15 is 0 Å². The van der Waals surface area contributed by atoms with E-state index in [1.54, 1.807) is 6.07 Å². The number of aromatic hydroxyl groups is 1. The minimum atomic E-state index is -1.08. The van der Waals surface area contributed by atoms with Gasteiger partial charge in [-0.3, -0.25) is 0 Å². The molecule has 0 spiro atoms. The van der Waals surface area contributed by atoms with Crippen molar-refractivity contribution in [3.63, 3.8) is 0 Å². The molecule has 35 heavy (non-hydrogen) atoms. The van der Waals surface area contributed by atoms with E-state index in [1.165, 1.54) is 0 Å². The van der Waals surface area contributed by atoms with E-state index in [0.29, 0.717) is 17.9 Å². The number of phenolic OH excluding ortho intramolecular Hbond substituents is 1. The van der Waals surface area contributed by atoms with Crippen LogP contribution in [0.15, 0.2) is 54.6 Å². The van der Waals surface area contributed by atoms with Crippen LogP contribution in [0.5, 0.6) is 5.75 Å². The highest BCUT2D eigenvalue weighted by Gasteiger charge is 2.81. The van der Waals surface area contributed by atoms with Gasteiger partial charge in [0.1, 0.15) is 5.75 Å². The topological polar surface area (TPSA) is 65.7 Å². The molecule has 186 valence electrons. The summed E-state index contributed by atoms with van der Waals surface area (Å²) in [7, 11) is 0. The fourth-order valence-corrected chi connectivity index (χ4v) is 6.00. The maximum atomic E-state index is 11.2. The number of para-hydroxylation sites is 1. The van der Waals surface area contributed by atoms with E-state index in [4.69, 9.17) is 19.6 Å². The van der Waals surface area contributed by atoms with E-state index in [9.17, 15) is 5.11 Å². The molecule has 2 atom stereocenters. The van der Waals surface area contributed by atoms with E-state index in [2.05, 4.69) is 61.5 Å². The minimum Gasteiger partial charge on any atom is -0.507 e. The summed E-state index contributed by atoms with van der Waals surface area (Å²) in [4.78, 5) is 11.7. The second-order valence-corrected chi connectivity index (χ2v) is 12.5. The smallest absolute Gasteiger partial charge is 0.261 e. The number of aromatic nitrogens is 2. The summed E-state index contributed by atoms with van der Waals surface area (Å²) in [5.74, 6) is -0.952. The van der Waals surface area contributed by atoms with Crippen LogP contribution in [0.1, 0.15) is 66.6 Å². The zero-order valence-corrected chi connectivity index (χ0v) is 22.0. The van der Waals surface area contributed by atoms with Gasteiger partial charge < -0.3 is 9.84 Å². The first-order valence-electron chi connectivity index (χ1n) is 12.2. The lowest BCUT2D eigenvalue weighted by Gasteiger charge is -2.61. The molecule has 3 aromatic rings. The largest absolute Gasteiger partial charge is 0.507 e. The van der Waals surface area contributed by atoms with Crippen LogP contribution < -0.4 is 0 Å². The van der Waals surface area contributed by atoms with Crippen molar-refractivity contribution in [2.24, 2.45) is 10.8 Å². The molecule has 0 saturated carbocycles.